The van der Waals surface area contributed by atoms with Gasteiger partial charge in [-0.1, -0.05) is 43.7 Å². The Morgan fingerprint density at radius 3 is 2.50 bits per heavy atom. The topological polar surface area (TPSA) is 45.7 Å². The van der Waals surface area contributed by atoms with E-state index in [0.717, 1.165) is 31.4 Å². The van der Waals surface area contributed by atoms with Gasteiger partial charge in [0.2, 0.25) is 0 Å². The van der Waals surface area contributed by atoms with E-state index in [0.29, 0.717) is 12.0 Å². The van der Waals surface area contributed by atoms with E-state index in [9.17, 15) is 0 Å². The maximum Gasteiger partial charge on any atom is 0.191 e. The van der Waals surface area contributed by atoms with Crippen LogP contribution in [0.1, 0.15) is 57.1 Å². The summed E-state index contributed by atoms with van der Waals surface area (Å²) in [5.74, 6) is 2.37. The molecule has 3 rings (SSSR count). The van der Waals surface area contributed by atoms with Gasteiger partial charge in [-0.15, -0.1) is 24.0 Å². The number of guanidine groups is 1. The highest BCUT2D eigenvalue weighted by Gasteiger charge is 2.29. The molecular formula is C21H34IN3O. The number of aliphatic imine (C=N–C) groups is 1. The quantitative estimate of drug-likeness (QED) is 0.377. The molecule has 1 aliphatic carbocycles. The van der Waals surface area contributed by atoms with Gasteiger partial charge in [0.1, 0.15) is 0 Å². The summed E-state index contributed by atoms with van der Waals surface area (Å²) in [6.07, 6.45) is 7.84. The molecule has 2 unspecified atom stereocenters. The molecule has 0 amide bonds. The van der Waals surface area contributed by atoms with Gasteiger partial charge in [-0.2, -0.15) is 0 Å². The van der Waals surface area contributed by atoms with Crippen LogP contribution in [0.5, 0.6) is 0 Å². The van der Waals surface area contributed by atoms with Gasteiger partial charge in [-0.25, -0.2) is 0 Å². The van der Waals surface area contributed by atoms with E-state index in [4.69, 9.17) is 4.74 Å². The largest absolute Gasteiger partial charge is 0.373 e. The van der Waals surface area contributed by atoms with Gasteiger partial charge in [-0.05, 0) is 43.6 Å². The Kier molecular flexibility index (Phi) is 9.19. The minimum Gasteiger partial charge on any atom is -0.373 e. The monoisotopic (exact) mass is 471 g/mol. The molecule has 1 saturated carbocycles. The molecule has 1 aliphatic heterocycles. The second-order valence-electron chi connectivity index (χ2n) is 7.47. The SMILES string of the molecule is CCC1CCC(NC(=NC)NCC2CCOC2c2ccccc2)CC1.I. The van der Waals surface area contributed by atoms with Crippen LogP contribution in [-0.2, 0) is 4.74 Å². The lowest BCUT2D eigenvalue weighted by Gasteiger charge is -2.30. The Balaban J connectivity index is 0.00000243. The van der Waals surface area contributed by atoms with Crippen molar-refractivity contribution in [2.24, 2.45) is 16.8 Å². The Morgan fingerprint density at radius 1 is 1.12 bits per heavy atom. The van der Waals surface area contributed by atoms with Gasteiger partial charge in [0.25, 0.3) is 0 Å². The van der Waals surface area contributed by atoms with Crippen LogP contribution in [0.3, 0.4) is 0 Å². The van der Waals surface area contributed by atoms with Gasteiger partial charge in [0, 0.05) is 32.2 Å². The number of benzene rings is 1. The number of nitrogens with zero attached hydrogens (tertiary/aromatic N) is 1. The highest BCUT2D eigenvalue weighted by atomic mass is 127. The molecule has 0 radical (unpaired) electrons. The third kappa shape index (κ3) is 5.84. The predicted octanol–water partition coefficient (Wildman–Crippen LogP) is 4.52. The first-order chi connectivity index (χ1) is 12.3. The lowest BCUT2D eigenvalue weighted by Crippen LogP contribution is -2.46. The molecule has 2 N–H and O–H groups in total. The zero-order chi connectivity index (χ0) is 17.5. The molecule has 2 aliphatic rings. The summed E-state index contributed by atoms with van der Waals surface area (Å²) in [6, 6.07) is 11.2. The molecule has 1 saturated heterocycles. The lowest BCUT2D eigenvalue weighted by atomic mass is 9.84. The molecule has 2 atom stereocenters. The normalized spacial score (nSPS) is 29.1. The molecule has 5 heteroatoms. The van der Waals surface area contributed by atoms with Crippen molar-refractivity contribution in [2.45, 2.75) is 57.6 Å². The van der Waals surface area contributed by atoms with E-state index in [2.05, 4.69) is 52.9 Å². The number of hydrogen-bond acceptors (Lipinski definition) is 2. The number of ether oxygens (including phenoxy) is 1. The fourth-order valence-electron chi connectivity index (χ4n) is 4.18. The molecule has 4 nitrogen and oxygen atoms in total. The van der Waals surface area contributed by atoms with Crippen LogP contribution in [0.25, 0.3) is 0 Å². The average Bonchev–Trinajstić information content (AvgIpc) is 3.15. The first-order valence-corrected chi connectivity index (χ1v) is 9.93. The van der Waals surface area contributed by atoms with E-state index in [-0.39, 0.29) is 30.1 Å². The maximum absolute atomic E-state index is 5.99. The Morgan fingerprint density at radius 2 is 1.85 bits per heavy atom. The summed E-state index contributed by atoms with van der Waals surface area (Å²) in [6.45, 7) is 4.06. The van der Waals surface area contributed by atoms with Crippen LogP contribution in [0.4, 0.5) is 0 Å². The Hall–Kier alpha value is -0.820. The van der Waals surface area contributed by atoms with Crippen LogP contribution in [0.2, 0.25) is 0 Å². The van der Waals surface area contributed by atoms with Crippen molar-refractivity contribution in [1.82, 2.24) is 10.6 Å². The second-order valence-corrected chi connectivity index (χ2v) is 7.47. The molecule has 26 heavy (non-hydrogen) atoms. The van der Waals surface area contributed by atoms with Crippen molar-refractivity contribution < 1.29 is 4.74 Å². The number of hydrogen-bond donors (Lipinski definition) is 2. The molecule has 0 bridgehead atoms. The summed E-state index contributed by atoms with van der Waals surface area (Å²) >= 11 is 0. The average molecular weight is 471 g/mol. The molecule has 0 aromatic heterocycles. The summed E-state index contributed by atoms with van der Waals surface area (Å²) < 4.78 is 5.99. The van der Waals surface area contributed by atoms with Crippen LogP contribution in [-0.4, -0.2) is 32.2 Å². The summed E-state index contributed by atoms with van der Waals surface area (Å²) in [5, 5.41) is 7.17. The van der Waals surface area contributed by atoms with Gasteiger partial charge < -0.3 is 15.4 Å². The van der Waals surface area contributed by atoms with E-state index >= 15 is 0 Å². The van der Waals surface area contributed by atoms with Gasteiger partial charge in [0.15, 0.2) is 5.96 Å². The number of halogens is 1. The molecule has 1 aromatic carbocycles. The Labute approximate surface area is 175 Å². The first-order valence-electron chi connectivity index (χ1n) is 9.93. The number of rotatable bonds is 5. The van der Waals surface area contributed by atoms with Crippen molar-refractivity contribution in [3.05, 3.63) is 35.9 Å². The van der Waals surface area contributed by atoms with Crippen LogP contribution >= 0.6 is 24.0 Å². The van der Waals surface area contributed by atoms with E-state index < -0.39 is 0 Å². The van der Waals surface area contributed by atoms with E-state index in [1.54, 1.807) is 0 Å². The van der Waals surface area contributed by atoms with Gasteiger partial charge >= 0.3 is 0 Å². The van der Waals surface area contributed by atoms with Crippen LogP contribution in [0.15, 0.2) is 35.3 Å². The fourth-order valence-corrected chi connectivity index (χ4v) is 4.18. The van der Waals surface area contributed by atoms with Gasteiger partial charge in [-0.3, -0.25) is 4.99 Å². The zero-order valence-corrected chi connectivity index (χ0v) is 18.4. The second kappa shape index (κ2) is 11.1. The van der Waals surface area contributed by atoms with Crippen molar-refractivity contribution >= 4 is 29.9 Å². The predicted molar refractivity (Wildman–Crippen MR) is 119 cm³/mol. The van der Waals surface area contributed by atoms with Crippen molar-refractivity contribution in [2.75, 3.05) is 20.2 Å². The van der Waals surface area contributed by atoms with Crippen molar-refractivity contribution in [1.29, 1.82) is 0 Å². The minimum absolute atomic E-state index is 0. The van der Waals surface area contributed by atoms with Gasteiger partial charge in [0.05, 0.1) is 6.10 Å². The van der Waals surface area contributed by atoms with E-state index in [1.165, 1.54) is 37.7 Å². The first kappa shape index (κ1) is 21.5. The van der Waals surface area contributed by atoms with Crippen LogP contribution < -0.4 is 10.6 Å². The highest BCUT2D eigenvalue weighted by molar-refractivity contribution is 14.0. The summed E-state index contributed by atoms with van der Waals surface area (Å²) in [7, 11) is 1.87. The molecule has 146 valence electrons. The molecule has 1 heterocycles. The number of nitrogens with one attached hydrogen (secondary N) is 2. The Bertz CT molecular complexity index is 543. The van der Waals surface area contributed by atoms with Crippen molar-refractivity contribution in [3.8, 4) is 0 Å². The maximum atomic E-state index is 5.99. The molecule has 1 aromatic rings. The zero-order valence-electron chi connectivity index (χ0n) is 16.1. The lowest BCUT2D eigenvalue weighted by molar-refractivity contribution is 0.0915. The van der Waals surface area contributed by atoms with Crippen molar-refractivity contribution in [3.63, 3.8) is 0 Å². The molecule has 0 spiro atoms. The third-order valence-corrected chi connectivity index (χ3v) is 5.86. The smallest absolute Gasteiger partial charge is 0.191 e. The minimum atomic E-state index is 0. The standard InChI is InChI=1S/C21H33N3O.HI/c1-3-16-9-11-19(12-10-16)24-21(22-2)23-15-18-13-14-25-20(18)17-7-5-4-6-8-17;/h4-8,16,18-20H,3,9-15H2,1-2H3,(H2,22,23,24);1H. The van der Waals surface area contributed by atoms with E-state index in [1.807, 2.05) is 7.05 Å². The summed E-state index contributed by atoms with van der Waals surface area (Å²) in [4.78, 5) is 4.43. The summed E-state index contributed by atoms with van der Waals surface area (Å²) in [5.41, 5.74) is 1.28. The molecule has 2 fully saturated rings. The highest BCUT2D eigenvalue weighted by Crippen LogP contribution is 2.33. The fraction of sp³-hybridized carbons (Fsp3) is 0.667. The molecular weight excluding hydrogens is 437 g/mol. The van der Waals surface area contributed by atoms with Crippen LogP contribution in [0, 0.1) is 11.8 Å². The third-order valence-electron chi connectivity index (χ3n) is 5.86.